The highest BCUT2D eigenvalue weighted by atomic mass is 35.5. The Kier molecular flexibility index (Phi) is 5.53. The Balaban J connectivity index is 1.08. The maximum absolute atomic E-state index is 12.1. The van der Waals surface area contributed by atoms with Crippen LogP contribution in [0.25, 0.3) is 11.3 Å². The van der Waals surface area contributed by atoms with Crippen LogP contribution in [-0.4, -0.2) is 36.3 Å². The van der Waals surface area contributed by atoms with E-state index < -0.39 is 0 Å². The molecule has 0 unspecified atom stereocenters. The van der Waals surface area contributed by atoms with Gasteiger partial charge in [0.15, 0.2) is 0 Å². The van der Waals surface area contributed by atoms with Gasteiger partial charge >= 0.3 is 0 Å². The third-order valence-electron chi connectivity index (χ3n) is 8.23. The normalized spacial score (nSPS) is 24.8. The summed E-state index contributed by atoms with van der Waals surface area (Å²) in [4.78, 5) is 14.6. The summed E-state index contributed by atoms with van der Waals surface area (Å²) in [5.41, 5.74) is 5.59. The summed E-state index contributed by atoms with van der Waals surface area (Å²) >= 11 is 13.0. The molecule has 1 saturated heterocycles. The number of aromatic nitrogens is 1. The lowest BCUT2D eigenvalue weighted by Crippen LogP contribution is -2.39. The van der Waals surface area contributed by atoms with E-state index in [-0.39, 0.29) is 12.0 Å². The first-order chi connectivity index (χ1) is 17.6. The van der Waals surface area contributed by atoms with Gasteiger partial charge in [-0.2, -0.15) is 0 Å². The van der Waals surface area contributed by atoms with Crippen LogP contribution in [0, 0.1) is 5.92 Å². The number of rotatable bonds is 6. The average molecular weight is 524 g/mol. The lowest BCUT2D eigenvalue weighted by Gasteiger charge is -2.34. The number of carbonyl (C=O) groups excluding carboxylic acids is 1. The molecule has 0 spiro atoms. The number of amides is 1. The summed E-state index contributed by atoms with van der Waals surface area (Å²) in [7, 11) is 0. The Hall–Kier alpha value is -2.54. The van der Waals surface area contributed by atoms with Crippen LogP contribution in [0.3, 0.4) is 0 Å². The largest absolute Gasteiger partial charge is 0.373 e. The van der Waals surface area contributed by atoms with Gasteiger partial charge in [-0.1, -0.05) is 34.4 Å². The van der Waals surface area contributed by atoms with Crippen molar-refractivity contribution >= 4 is 34.8 Å². The zero-order valence-electron chi connectivity index (χ0n) is 19.8. The second-order valence-electron chi connectivity index (χ2n) is 10.5. The van der Waals surface area contributed by atoms with E-state index in [0.717, 1.165) is 66.7 Å². The minimum absolute atomic E-state index is 0.0379. The summed E-state index contributed by atoms with van der Waals surface area (Å²) in [6.07, 6.45) is 5.44. The van der Waals surface area contributed by atoms with E-state index in [0.29, 0.717) is 46.8 Å². The fourth-order valence-electron chi connectivity index (χ4n) is 6.26. The van der Waals surface area contributed by atoms with E-state index >= 15 is 0 Å². The maximum atomic E-state index is 12.1. The van der Waals surface area contributed by atoms with Gasteiger partial charge in [-0.25, -0.2) is 0 Å². The number of nitrogens with zero attached hydrogens (tertiary/aromatic N) is 2. The average Bonchev–Trinajstić information content (AvgIpc) is 3.33. The van der Waals surface area contributed by atoms with Crippen molar-refractivity contribution in [1.82, 2.24) is 10.5 Å². The number of nitrogens with one attached hydrogen (secondary N) is 1. The van der Waals surface area contributed by atoms with Gasteiger partial charge in [0, 0.05) is 53.3 Å². The molecule has 6 nitrogen and oxygen atoms in total. The van der Waals surface area contributed by atoms with Gasteiger partial charge in [-0.3, -0.25) is 4.79 Å². The molecule has 0 radical (unpaired) electrons. The molecule has 2 bridgehead atoms. The Bertz CT molecular complexity index is 1330. The van der Waals surface area contributed by atoms with Gasteiger partial charge < -0.3 is 19.5 Å². The van der Waals surface area contributed by atoms with E-state index in [2.05, 4.69) is 27.5 Å². The zero-order valence-corrected chi connectivity index (χ0v) is 21.3. The molecule has 2 aliphatic carbocycles. The Morgan fingerprint density at radius 3 is 2.72 bits per heavy atom. The van der Waals surface area contributed by atoms with E-state index in [4.69, 9.17) is 32.5 Å². The number of piperidine rings is 1. The van der Waals surface area contributed by atoms with E-state index in [9.17, 15) is 4.79 Å². The van der Waals surface area contributed by atoms with Crippen molar-refractivity contribution in [2.45, 2.75) is 56.8 Å². The molecule has 3 fully saturated rings. The molecule has 4 aliphatic rings. The number of hydrogen-bond donors (Lipinski definition) is 1. The molecule has 7 rings (SSSR count). The predicted molar refractivity (Wildman–Crippen MR) is 139 cm³/mol. The quantitative estimate of drug-likeness (QED) is 0.429. The minimum atomic E-state index is 0.0379. The number of carbonyl (C=O) groups is 1. The molecule has 2 saturated carbocycles. The standard InChI is InChI=1S/C28H27Cl2N3O3/c29-22-2-1-3-23(30)25(22)26-21(27(36-32-26)15-4-5-15)14-35-24-12-19-11-17(24)13-33(19)18-6-7-20-16(10-18)8-9-31-28(20)34/h1-3,6-7,10,15,17,19,24H,4-5,8-9,11-14H2,(H,31,34)/t17-,19-,24+/m0/s1. The number of benzene rings is 2. The van der Waals surface area contributed by atoms with Crippen LogP contribution in [-0.2, 0) is 17.8 Å². The molecule has 186 valence electrons. The monoisotopic (exact) mass is 523 g/mol. The highest BCUT2D eigenvalue weighted by Crippen LogP contribution is 2.47. The first kappa shape index (κ1) is 22.6. The van der Waals surface area contributed by atoms with E-state index in [1.54, 1.807) is 0 Å². The van der Waals surface area contributed by atoms with Crippen molar-refractivity contribution in [3.05, 3.63) is 68.9 Å². The highest BCUT2D eigenvalue weighted by molar-refractivity contribution is 6.39. The van der Waals surface area contributed by atoms with Gasteiger partial charge in [-0.05, 0) is 68.0 Å². The molecule has 1 N–H and O–H groups in total. The third-order valence-corrected chi connectivity index (χ3v) is 8.86. The van der Waals surface area contributed by atoms with Crippen LogP contribution in [0.4, 0.5) is 5.69 Å². The van der Waals surface area contributed by atoms with Crippen LogP contribution in [0.1, 0.15) is 58.8 Å². The molecule has 1 aromatic heterocycles. The van der Waals surface area contributed by atoms with Crippen molar-refractivity contribution in [3.63, 3.8) is 0 Å². The lowest BCUT2D eigenvalue weighted by atomic mass is 9.98. The second kappa shape index (κ2) is 8.79. The van der Waals surface area contributed by atoms with Crippen molar-refractivity contribution in [1.29, 1.82) is 0 Å². The van der Waals surface area contributed by atoms with E-state index in [1.807, 2.05) is 24.3 Å². The Morgan fingerprint density at radius 2 is 1.97 bits per heavy atom. The third kappa shape index (κ3) is 3.82. The Morgan fingerprint density at radius 1 is 1.14 bits per heavy atom. The number of halogens is 2. The van der Waals surface area contributed by atoms with Crippen molar-refractivity contribution in [2.75, 3.05) is 18.0 Å². The molecule has 8 heteroatoms. The summed E-state index contributed by atoms with van der Waals surface area (Å²) in [6.45, 7) is 2.14. The predicted octanol–water partition coefficient (Wildman–Crippen LogP) is 6.00. The van der Waals surface area contributed by atoms with Crippen LogP contribution < -0.4 is 10.2 Å². The van der Waals surface area contributed by atoms with Crippen molar-refractivity contribution < 1.29 is 14.1 Å². The number of ether oxygens (including phenoxy) is 1. The molecule has 2 aliphatic heterocycles. The van der Waals surface area contributed by atoms with Crippen LogP contribution in [0.2, 0.25) is 10.0 Å². The topological polar surface area (TPSA) is 67.6 Å². The first-order valence-electron chi connectivity index (χ1n) is 12.8. The number of hydrogen-bond acceptors (Lipinski definition) is 5. The SMILES string of the molecule is O=C1NCCc2cc(N3C[C@@H]4C[C@H]3C[C@H]4OCc3c(-c4c(Cl)cccc4Cl)noc3C3CC3)ccc21. The summed E-state index contributed by atoms with van der Waals surface area (Å²) < 4.78 is 12.4. The first-order valence-corrected chi connectivity index (χ1v) is 13.5. The molecule has 3 atom stereocenters. The lowest BCUT2D eigenvalue weighted by molar-refractivity contribution is 0.0122. The van der Waals surface area contributed by atoms with Gasteiger partial charge in [0.1, 0.15) is 11.5 Å². The fraction of sp³-hybridized carbons (Fsp3) is 0.429. The fourth-order valence-corrected chi connectivity index (χ4v) is 6.83. The molecular formula is C28H27Cl2N3O3. The van der Waals surface area contributed by atoms with Gasteiger partial charge in [0.05, 0.1) is 22.8 Å². The highest BCUT2D eigenvalue weighted by Gasteiger charge is 2.46. The molecule has 3 heterocycles. The molecule has 36 heavy (non-hydrogen) atoms. The molecular weight excluding hydrogens is 497 g/mol. The molecule has 1 amide bonds. The van der Waals surface area contributed by atoms with Crippen molar-refractivity contribution in [2.24, 2.45) is 5.92 Å². The molecule has 3 aromatic rings. The van der Waals surface area contributed by atoms with Crippen molar-refractivity contribution in [3.8, 4) is 11.3 Å². The number of fused-ring (bicyclic) bond motifs is 3. The Labute approximate surface area is 219 Å². The maximum Gasteiger partial charge on any atom is 0.251 e. The van der Waals surface area contributed by atoms with Gasteiger partial charge in [-0.15, -0.1) is 0 Å². The summed E-state index contributed by atoms with van der Waals surface area (Å²) in [6, 6.07) is 12.2. The van der Waals surface area contributed by atoms with Gasteiger partial charge in [0.2, 0.25) is 0 Å². The van der Waals surface area contributed by atoms with Crippen LogP contribution >= 0.6 is 23.2 Å². The molecule has 2 aromatic carbocycles. The summed E-state index contributed by atoms with van der Waals surface area (Å²) in [5, 5.41) is 8.45. The summed E-state index contributed by atoms with van der Waals surface area (Å²) in [5.74, 6) is 1.85. The van der Waals surface area contributed by atoms with Crippen LogP contribution in [0.15, 0.2) is 40.9 Å². The van der Waals surface area contributed by atoms with Gasteiger partial charge in [0.25, 0.3) is 5.91 Å². The smallest absolute Gasteiger partial charge is 0.251 e. The minimum Gasteiger partial charge on any atom is -0.373 e. The number of anilines is 1. The second-order valence-corrected chi connectivity index (χ2v) is 11.3. The van der Waals surface area contributed by atoms with Crippen LogP contribution in [0.5, 0.6) is 0 Å². The zero-order chi connectivity index (χ0) is 24.4. The van der Waals surface area contributed by atoms with E-state index in [1.165, 1.54) is 5.69 Å².